The molecule has 1 rings (SSSR count). The van der Waals surface area contributed by atoms with E-state index < -0.39 is 6.04 Å². The minimum Gasteiger partial charge on any atom is -0.464 e. The molecular formula is C11H14FNO2. The minimum absolute atomic E-state index is 0.302. The monoisotopic (exact) mass is 211 g/mol. The van der Waals surface area contributed by atoms with E-state index in [1.54, 1.807) is 26.0 Å². The SMILES string of the molecule is CCOC(=O)C(C)Nc1ccc(F)cc1. The predicted molar refractivity (Wildman–Crippen MR) is 56.1 cm³/mol. The molecule has 0 radical (unpaired) electrons. The van der Waals surface area contributed by atoms with Crippen molar-refractivity contribution in [3.63, 3.8) is 0 Å². The van der Waals surface area contributed by atoms with Gasteiger partial charge in [-0.2, -0.15) is 0 Å². The number of benzene rings is 1. The summed E-state index contributed by atoms with van der Waals surface area (Å²) < 4.78 is 17.4. The molecule has 1 unspecified atom stereocenters. The zero-order valence-corrected chi connectivity index (χ0v) is 8.79. The lowest BCUT2D eigenvalue weighted by Gasteiger charge is -2.13. The van der Waals surface area contributed by atoms with Crippen LogP contribution in [0.15, 0.2) is 24.3 Å². The standard InChI is InChI=1S/C11H14FNO2/c1-3-15-11(14)8(2)13-10-6-4-9(12)5-7-10/h4-8,13H,3H2,1-2H3. The molecule has 0 saturated carbocycles. The lowest BCUT2D eigenvalue weighted by atomic mass is 10.2. The van der Waals surface area contributed by atoms with Crippen LogP contribution < -0.4 is 5.32 Å². The number of rotatable bonds is 4. The highest BCUT2D eigenvalue weighted by molar-refractivity contribution is 5.78. The summed E-state index contributed by atoms with van der Waals surface area (Å²) in [6.07, 6.45) is 0. The van der Waals surface area contributed by atoms with E-state index in [0.29, 0.717) is 12.3 Å². The average Bonchev–Trinajstić information content (AvgIpc) is 2.22. The maximum atomic E-state index is 12.6. The summed E-state index contributed by atoms with van der Waals surface area (Å²) in [6, 6.07) is 5.38. The minimum atomic E-state index is -0.435. The lowest BCUT2D eigenvalue weighted by Crippen LogP contribution is -2.28. The fourth-order valence-corrected chi connectivity index (χ4v) is 1.12. The Kier molecular flexibility index (Phi) is 4.09. The van der Waals surface area contributed by atoms with Crippen LogP contribution in [0, 0.1) is 5.82 Å². The highest BCUT2D eigenvalue weighted by Crippen LogP contribution is 2.09. The molecule has 0 spiro atoms. The van der Waals surface area contributed by atoms with Gasteiger partial charge in [0, 0.05) is 5.69 Å². The van der Waals surface area contributed by atoms with E-state index >= 15 is 0 Å². The van der Waals surface area contributed by atoms with Crippen molar-refractivity contribution in [1.29, 1.82) is 0 Å². The van der Waals surface area contributed by atoms with Crippen molar-refractivity contribution in [2.45, 2.75) is 19.9 Å². The highest BCUT2D eigenvalue weighted by atomic mass is 19.1. The first-order valence-corrected chi connectivity index (χ1v) is 4.82. The molecule has 0 fully saturated rings. The summed E-state index contributed by atoms with van der Waals surface area (Å²) in [7, 11) is 0. The van der Waals surface area contributed by atoms with Crippen molar-refractivity contribution < 1.29 is 13.9 Å². The average molecular weight is 211 g/mol. The predicted octanol–water partition coefficient (Wildman–Crippen LogP) is 2.19. The van der Waals surface area contributed by atoms with E-state index in [2.05, 4.69) is 5.32 Å². The number of esters is 1. The van der Waals surface area contributed by atoms with Crippen molar-refractivity contribution >= 4 is 11.7 Å². The molecule has 1 atom stereocenters. The maximum absolute atomic E-state index is 12.6. The van der Waals surface area contributed by atoms with Gasteiger partial charge in [-0.05, 0) is 38.1 Å². The molecule has 82 valence electrons. The molecule has 0 amide bonds. The first kappa shape index (κ1) is 11.5. The summed E-state index contributed by atoms with van der Waals surface area (Å²) in [6.45, 7) is 3.80. The van der Waals surface area contributed by atoms with E-state index in [-0.39, 0.29) is 11.8 Å². The number of hydrogen-bond acceptors (Lipinski definition) is 3. The van der Waals surface area contributed by atoms with E-state index in [4.69, 9.17) is 4.74 Å². The molecule has 0 aliphatic heterocycles. The summed E-state index contributed by atoms with van der Waals surface area (Å²) in [5.41, 5.74) is 0.692. The van der Waals surface area contributed by atoms with Gasteiger partial charge in [-0.15, -0.1) is 0 Å². The Morgan fingerprint density at radius 2 is 2.07 bits per heavy atom. The van der Waals surface area contributed by atoms with Crippen molar-refractivity contribution in [3.8, 4) is 0 Å². The molecule has 1 aromatic carbocycles. The Labute approximate surface area is 88.2 Å². The van der Waals surface area contributed by atoms with Crippen molar-refractivity contribution in [1.82, 2.24) is 0 Å². The molecular weight excluding hydrogens is 197 g/mol. The largest absolute Gasteiger partial charge is 0.464 e. The van der Waals surface area contributed by atoms with Gasteiger partial charge in [-0.1, -0.05) is 0 Å². The van der Waals surface area contributed by atoms with Gasteiger partial charge in [0.2, 0.25) is 0 Å². The fourth-order valence-electron chi connectivity index (χ4n) is 1.12. The third-order valence-corrected chi connectivity index (χ3v) is 1.87. The van der Waals surface area contributed by atoms with Gasteiger partial charge in [-0.25, -0.2) is 9.18 Å². The van der Waals surface area contributed by atoms with Crippen LogP contribution in [0.1, 0.15) is 13.8 Å². The second kappa shape index (κ2) is 5.34. The normalized spacial score (nSPS) is 11.9. The van der Waals surface area contributed by atoms with Crippen LogP contribution >= 0.6 is 0 Å². The molecule has 0 saturated heterocycles. The highest BCUT2D eigenvalue weighted by Gasteiger charge is 2.12. The van der Waals surface area contributed by atoms with Crippen molar-refractivity contribution in [2.75, 3.05) is 11.9 Å². The van der Waals surface area contributed by atoms with Gasteiger partial charge < -0.3 is 10.1 Å². The first-order valence-electron chi connectivity index (χ1n) is 4.82. The Balaban J connectivity index is 2.54. The van der Waals surface area contributed by atoms with E-state index in [1.165, 1.54) is 12.1 Å². The summed E-state index contributed by atoms with van der Waals surface area (Å²) in [4.78, 5) is 11.3. The second-order valence-electron chi connectivity index (χ2n) is 3.12. The van der Waals surface area contributed by atoms with Crippen molar-refractivity contribution in [2.24, 2.45) is 0 Å². The molecule has 0 aliphatic carbocycles. The van der Waals surface area contributed by atoms with Gasteiger partial charge >= 0.3 is 5.97 Å². The Morgan fingerprint density at radius 1 is 1.47 bits per heavy atom. The lowest BCUT2D eigenvalue weighted by molar-refractivity contribution is -0.143. The number of anilines is 1. The molecule has 0 aliphatic rings. The van der Waals surface area contributed by atoms with Crippen LogP contribution in [0.25, 0.3) is 0 Å². The Morgan fingerprint density at radius 3 is 2.60 bits per heavy atom. The number of hydrogen-bond donors (Lipinski definition) is 1. The third-order valence-electron chi connectivity index (χ3n) is 1.87. The van der Waals surface area contributed by atoms with Crippen molar-refractivity contribution in [3.05, 3.63) is 30.1 Å². The molecule has 4 heteroatoms. The number of carbonyl (C=O) groups is 1. The molecule has 0 aromatic heterocycles. The van der Waals surface area contributed by atoms with Gasteiger partial charge in [0.05, 0.1) is 6.61 Å². The Hall–Kier alpha value is -1.58. The quantitative estimate of drug-likeness (QED) is 0.776. The van der Waals surface area contributed by atoms with E-state index in [9.17, 15) is 9.18 Å². The summed E-state index contributed by atoms with van der Waals surface area (Å²) in [5, 5.41) is 2.91. The number of nitrogens with one attached hydrogen (secondary N) is 1. The molecule has 0 bridgehead atoms. The number of carbonyl (C=O) groups excluding carboxylic acids is 1. The van der Waals surface area contributed by atoms with Crippen LogP contribution in [0.5, 0.6) is 0 Å². The second-order valence-corrected chi connectivity index (χ2v) is 3.12. The van der Waals surface area contributed by atoms with E-state index in [0.717, 1.165) is 0 Å². The van der Waals surface area contributed by atoms with Crippen LogP contribution in [0.2, 0.25) is 0 Å². The molecule has 3 nitrogen and oxygen atoms in total. The summed E-state index contributed by atoms with van der Waals surface area (Å²) in [5.74, 6) is -0.619. The zero-order valence-electron chi connectivity index (χ0n) is 8.79. The fraction of sp³-hybridized carbons (Fsp3) is 0.364. The van der Waals surface area contributed by atoms with Crippen LogP contribution in [0.3, 0.4) is 0 Å². The third kappa shape index (κ3) is 3.58. The molecule has 15 heavy (non-hydrogen) atoms. The van der Waals surface area contributed by atoms with Gasteiger partial charge in [-0.3, -0.25) is 0 Å². The van der Waals surface area contributed by atoms with E-state index in [1.807, 2.05) is 0 Å². The molecule has 1 N–H and O–H groups in total. The van der Waals surface area contributed by atoms with Crippen LogP contribution in [-0.2, 0) is 9.53 Å². The van der Waals surface area contributed by atoms with Crippen LogP contribution in [-0.4, -0.2) is 18.6 Å². The zero-order chi connectivity index (χ0) is 11.3. The van der Waals surface area contributed by atoms with Gasteiger partial charge in [0.25, 0.3) is 0 Å². The van der Waals surface area contributed by atoms with Gasteiger partial charge in [0.1, 0.15) is 11.9 Å². The molecule has 1 aromatic rings. The Bertz CT molecular complexity index is 324. The van der Waals surface area contributed by atoms with Gasteiger partial charge in [0.15, 0.2) is 0 Å². The maximum Gasteiger partial charge on any atom is 0.328 e. The smallest absolute Gasteiger partial charge is 0.328 e. The topological polar surface area (TPSA) is 38.3 Å². The first-order chi connectivity index (χ1) is 7.13. The number of halogens is 1. The van der Waals surface area contributed by atoms with Crippen LogP contribution in [0.4, 0.5) is 10.1 Å². The number of ether oxygens (including phenoxy) is 1. The summed E-state index contributed by atoms with van der Waals surface area (Å²) >= 11 is 0. The molecule has 0 heterocycles.